The highest BCUT2D eigenvalue weighted by atomic mass is 16.7. The number of benzene rings is 1. The van der Waals surface area contributed by atoms with E-state index in [2.05, 4.69) is 0 Å². The molecular weight excluding hydrogens is 276 g/mol. The van der Waals surface area contributed by atoms with Crippen molar-refractivity contribution in [2.45, 2.75) is 51.5 Å². The molecule has 0 bridgehead atoms. The maximum Gasteiger partial charge on any atom is 0.303 e. The molecule has 0 spiro atoms. The monoisotopic (exact) mass is 296 g/mol. The summed E-state index contributed by atoms with van der Waals surface area (Å²) >= 11 is 0. The van der Waals surface area contributed by atoms with E-state index in [0.29, 0.717) is 5.75 Å². The summed E-state index contributed by atoms with van der Waals surface area (Å²) < 4.78 is 16.0. The first-order chi connectivity index (χ1) is 9.88. The minimum Gasteiger partial charge on any atom is -0.462 e. The number of ether oxygens (including phenoxy) is 3. The summed E-state index contributed by atoms with van der Waals surface area (Å²) in [5, 5.41) is 20.1. The maximum atomic E-state index is 11.0. The lowest BCUT2D eigenvalue weighted by atomic mass is 9.99. The average Bonchev–Trinajstić information content (AvgIpc) is 2.43. The van der Waals surface area contributed by atoms with E-state index >= 15 is 0 Å². The van der Waals surface area contributed by atoms with Gasteiger partial charge in [0.2, 0.25) is 6.29 Å². The van der Waals surface area contributed by atoms with Crippen LogP contribution in [0.4, 0.5) is 0 Å². The Kier molecular flexibility index (Phi) is 4.82. The maximum absolute atomic E-state index is 11.0. The molecule has 116 valence electrons. The molecule has 2 rings (SSSR count). The van der Waals surface area contributed by atoms with Gasteiger partial charge in [0, 0.05) is 6.92 Å². The number of hydrogen-bond acceptors (Lipinski definition) is 6. The third-order valence-electron chi connectivity index (χ3n) is 3.35. The molecule has 1 aromatic rings. The third-order valence-corrected chi connectivity index (χ3v) is 3.35. The first-order valence-corrected chi connectivity index (χ1v) is 6.80. The van der Waals surface area contributed by atoms with Crippen molar-refractivity contribution in [3.05, 3.63) is 29.8 Å². The second-order valence-electron chi connectivity index (χ2n) is 5.20. The summed E-state index contributed by atoms with van der Waals surface area (Å²) in [5.41, 5.74) is 1.08. The smallest absolute Gasteiger partial charge is 0.303 e. The molecule has 6 heteroatoms. The number of carbonyl (C=O) groups excluding carboxylic acids is 1. The lowest BCUT2D eigenvalue weighted by Crippen LogP contribution is -2.59. The number of aliphatic hydroxyl groups excluding tert-OH is 2. The SMILES string of the molecule is CC(=O)O[C@@H]1[C@@H](O)[C@@H](O)[C@H](Oc2ccc(C)cc2)O[C@H]1C. The van der Waals surface area contributed by atoms with E-state index in [9.17, 15) is 15.0 Å². The fourth-order valence-corrected chi connectivity index (χ4v) is 2.21. The average molecular weight is 296 g/mol. The molecule has 1 aliphatic heterocycles. The Labute approximate surface area is 123 Å². The summed E-state index contributed by atoms with van der Waals surface area (Å²) in [6, 6.07) is 7.24. The van der Waals surface area contributed by atoms with Gasteiger partial charge in [-0.25, -0.2) is 0 Å². The van der Waals surface area contributed by atoms with Gasteiger partial charge in [-0.05, 0) is 26.0 Å². The predicted molar refractivity (Wildman–Crippen MR) is 73.7 cm³/mol. The quantitative estimate of drug-likeness (QED) is 0.802. The second-order valence-corrected chi connectivity index (χ2v) is 5.20. The third kappa shape index (κ3) is 3.72. The van der Waals surface area contributed by atoms with Crippen molar-refractivity contribution in [1.82, 2.24) is 0 Å². The van der Waals surface area contributed by atoms with Crippen LogP contribution >= 0.6 is 0 Å². The summed E-state index contributed by atoms with van der Waals surface area (Å²) in [6.45, 7) is 4.83. The van der Waals surface area contributed by atoms with Crippen LogP contribution in [0.1, 0.15) is 19.4 Å². The van der Waals surface area contributed by atoms with Crippen molar-refractivity contribution < 1.29 is 29.2 Å². The van der Waals surface area contributed by atoms with E-state index in [4.69, 9.17) is 14.2 Å². The lowest BCUT2D eigenvalue weighted by molar-refractivity contribution is -0.272. The van der Waals surface area contributed by atoms with Gasteiger partial charge in [0.1, 0.15) is 18.0 Å². The van der Waals surface area contributed by atoms with Crippen molar-refractivity contribution >= 4 is 5.97 Å². The van der Waals surface area contributed by atoms with Crippen molar-refractivity contribution in [3.63, 3.8) is 0 Å². The predicted octanol–water partition coefficient (Wildman–Crippen LogP) is 0.772. The van der Waals surface area contributed by atoms with E-state index in [0.717, 1.165) is 5.56 Å². The van der Waals surface area contributed by atoms with Gasteiger partial charge in [0.05, 0.1) is 6.10 Å². The summed E-state index contributed by atoms with van der Waals surface area (Å²) in [5.74, 6) is -0.0189. The topological polar surface area (TPSA) is 85.2 Å². The number of hydrogen-bond donors (Lipinski definition) is 2. The number of aliphatic hydroxyl groups is 2. The van der Waals surface area contributed by atoms with E-state index in [-0.39, 0.29) is 0 Å². The zero-order chi connectivity index (χ0) is 15.6. The molecule has 1 fully saturated rings. The zero-order valence-corrected chi connectivity index (χ0v) is 12.2. The Morgan fingerprint density at radius 1 is 1.19 bits per heavy atom. The highest BCUT2D eigenvalue weighted by Crippen LogP contribution is 2.26. The minimum absolute atomic E-state index is 0.523. The fraction of sp³-hybridized carbons (Fsp3) is 0.533. The largest absolute Gasteiger partial charge is 0.462 e. The molecule has 0 amide bonds. The number of rotatable bonds is 3. The van der Waals surface area contributed by atoms with Crippen molar-refractivity contribution in [2.75, 3.05) is 0 Å². The molecule has 5 atom stereocenters. The molecule has 0 unspecified atom stereocenters. The van der Waals surface area contributed by atoms with Gasteiger partial charge in [0.15, 0.2) is 6.10 Å². The molecule has 0 aliphatic carbocycles. The van der Waals surface area contributed by atoms with Crippen LogP contribution in [0, 0.1) is 6.92 Å². The number of carbonyl (C=O) groups is 1. The Morgan fingerprint density at radius 2 is 1.81 bits per heavy atom. The van der Waals surface area contributed by atoms with Crippen LogP contribution < -0.4 is 4.74 Å². The van der Waals surface area contributed by atoms with Crippen LogP contribution in [0.3, 0.4) is 0 Å². The molecule has 0 saturated carbocycles. The molecule has 6 nitrogen and oxygen atoms in total. The Bertz CT molecular complexity index is 485. The van der Waals surface area contributed by atoms with Gasteiger partial charge in [0.25, 0.3) is 0 Å². The van der Waals surface area contributed by atoms with Gasteiger partial charge < -0.3 is 24.4 Å². The van der Waals surface area contributed by atoms with Crippen LogP contribution in [0.25, 0.3) is 0 Å². The van der Waals surface area contributed by atoms with Crippen LogP contribution in [0.15, 0.2) is 24.3 Å². The highest BCUT2D eigenvalue weighted by Gasteiger charge is 2.45. The normalized spacial score (nSPS) is 32.5. The van der Waals surface area contributed by atoms with Crippen molar-refractivity contribution in [2.24, 2.45) is 0 Å². The van der Waals surface area contributed by atoms with Gasteiger partial charge >= 0.3 is 5.97 Å². The lowest BCUT2D eigenvalue weighted by Gasteiger charge is -2.40. The van der Waals surface area contributed by atoms with Gasteiger partial charge in [-0.1, -0.05) is 17.7 Å². The molecule has 21 heavy (non-hydrogen) atoms. The van der Waals surface area contributed by atoms with E-state index < -0.39 is 36.7 Å². The van der Waals surface area contributed by atoms with Crippen molar-refractivity contribution in [1.29, 1.82) is 0 Å². The van der Waals surface area contributed by atoms with Crippen LogP contribution in [0.2, 0.25) is 0 Å². The number of aryl methyl sites for hydroxylation is 1. The van der Waals surface area contributed by atoms with Crippen LogP contribution in [0.5, 0.6) is 5.75 Å². The number of esters is 1. The summed E-state index contributed by atoms with van der Waals surface area (Å²) in [4.78, 5) is 11.0. The summed E-state index contributed by atoms with van der Waals surface area (Å²) in [7, 11) is 0. The molecule has 1 saturated heterocycles. The highest BCUT2D eigenvalue weighted by molar-refractivity contribution is 5.66. The fourth-order valence-electron chi connectivity index (χ4n) is 2.21. The molecule has 0 radical (unpaired) electrons. The standard InChI is InChI=1S/C15H20O6/c1-8-4-6-11(7-5-8)21-15-13(18)12(17)14(9(2)19-15)20-10(3)16/h4-7,9,12-15,17-18H,1-3H3/t9-,12-,13+,14-,15-/m0/s1. The Balaban J connectivity index is 2.06. The molecule has 1 aliphatic rings. The van der Waals surface area contributed by atoms with Crippen molar-refractivity contribution in [3.8, 4) is 5.75 Å². The van der Waals surface area contributed by atoms with E-state index in [1.165, 1.54) is 6.92 Å². The van der Waals surface area contributed by atoms with Gasteiger partial charge in [-0.15, -0.1) is 0 Å². The van der Waals surface area contributed by atoms with Gasteiger partial charge in [-0.3, -0.25) is 4.79 Å². The van der Waals surface area contributed by atoms with Gasteiger partial charge in [-0.2, -0.15) is 0 Å². The molecule has 0 aromatic heterocycles. The van der Waals surface area contributed by atoms with E-state index in [1.807, 2.05) is 19.1 Å². The zero-order valence-electron chi connectivity index (χ0n) is 12.2. The Hall–Kier alpha value is -1.63. The molecule has 1 aromatic carbocycles. The molecule has 2 N–H and O–H groups in total. The summed E-state index contributed by atoms with van der Waals surface area (Å²) in [6.07, 6.45) is -5.12. The minimum atomic E-state index is -1.31. The first kappa shape index (κ1) is 15.8. The Morgan fingerprint density at radius 3 is 2.38 bits per heavy atom. The van der Waals surface area contributed by atoms with Crippen LogP contribution in [-0.2, 0) is 14.3 Å². The first-order valence-electron chi connectivity index (χ1n) is 6.80. The molecular formula is C15H20O6. The van der Waals surface area contributed by atoms with Crippen LogP contribution in [-0.4, -0.2) is 46.9 Å². The van der Waals surface area contributed by atoms with E-state index in [1.54, 1.807) is 19.1 Å². The molecule has 1 heterocycles. The second kappa shape index (κ2) is 6.43.